The summed E-state index contributed by atoms with van der Waals surface area (Å²) in [5, 5.41) is 9.29. The van der Waals surface area contributed by atoms with Crippen LogP contribution in [0.5, 0.6) is 0 Å². The molecule has 2 aliphatic rings. The van der Waals surface area contributed by atoms with Gasteiger partial charge in [-0.15, -0.1) is 0 Å². The minimum Gasteiger partial charge on any atom is -0.465 e. The van der Waals surface area contributed by atoms with Gasteiger partial charge >= 0.3 is 18.2 Å². The number of amides is 2. The van der Waals surface area contributed by atoms with Crippen LogP contribution in [0.2, 0.25) is 0 Å². The summed E-state index contributed by atoms with van der Waals surface area (Å²) in [7, 11) is 1.36. The molecule has 0 atom stereocenters. The van der Waals surface area contributed by atoms with E-state index in [1.807, 2.05) is 59.7 Å². The fourth-order valence-electron chi connectivity index (χ4n) is 5.72. The zero-order valence-electron chi connectivity index (χ0n) is 28.3. The van der Waals surface area contributed by atoms with E-state index in [0.29, 0.717) is 31.7 Å². The molecule has 0 saturated heterocycles. The molecule has 0 fully saturated rings. The fraction of sp³-hybridized carbons (Fsp3) is 0.571. The Morgan fingerprint density at radius 2 is 1.18 bits per heavy atom. The van der Waals surface area contributed by atoms with E-state index < -0.39 is 11.2 Å². The molecule has 2 amide bonds. The molecule has 1 N–H and O–H groups in total. The summed E-state index contributed by atoms with van der Waals surface area (Å²) in [6, 6.07) is 11.5. The molecular weight excluding hydrogens is 560 g/mol. The molecule has 9 heteroatoms. The number of nitrogens with zero attached hydrogens (tertiary/aromatic N) is 2. The molecule has 0 aliphatic carbocycles. The monoisotopic (exact) mass is 610 g/mol. The third-order valence-corrected chi connectivity index (χ3v) is 7.53. The molecular formula is C35H50N2O7. The lowest BCUT2D eigenvalue weighted by atomic mass is 9.78. The number of hydrogen-bond donors (Lipinski definition) is 1. The molecule has 44 heavy (non-hydrogen) atoms. The van der Waals surface area contributed by atoms with Gasteiger partial charge in [0.2, 0.25) is 0 Å². The van der Waals surface area contributed by atoms with Crippen molar-refractivity contribution in [2.24, 2.45) is 0 Å². The number of carbonyl (C=O) groups excluding carboxylic acids is 3. The molecule has 2 aliphatic heterocycles. The van der Waals surface area contributed by atoms with Crippen LogP contribution in [0, 0.1) is 0 Å². The van der Waals surface area contributed by atoms with Crippen molar-refractivity contribution in [3.05, 3.63) is 69.8 Å². The first-order chi connectivity index (χ1) is 20.2. The van der Waals surface area contributed by atoms with E-state index in [0.717, 1.165) is 22.3 Å². The summed E-state index contributed by atoms with van der Waals surface area (Å²) < 4.78 is 15.7. The Morgan fingerprint density at radius 3 is 1.59 bits per heavy atom. The number of ether oxygens (including phenoxy) is 3. The number of carbonyl (C=O) groups is 3. The maximum atomic E-state index is 12.4. The van der Waals surface area contributed by atoms with E-state index in [9.17, 15) is 19.5 Å². The highest BCUT2D eigenvalue weighted by Gasteiger charge is 2.37. The first-order valence-electron chi connectivity index (χ1n) is 15.1. The predicted molar refractivity (Wildman–Crippen MR) is 169 cm³/mol. The number of aliphatic hydroxyl groups is 1. The average Bonchev–Trinajstić information content (AvgIpc) is 2.89. The van der Waals surface area contributed by atoms with E-state index in [4.69, 9.17) is 14.2 Å². The van der Waals surface area contributed by atoms with Crippen molar-refractivity contribution in [2.45, 2.75) is 111 Å². The van der Waals surface area contributed by atoms with Crippen LogP contribution >= 0.6 is 0 Å². The second-order valence-corrected chi connectivity index (χ2v) is 15.0. The van der Waals surface area contributed by atoms with Crippen LogP contribution in [0.15, 0.2) is 36.4 Å². The zero-order valence-corrected chi connectivity index (χ0v) is 28.3. The standard InChI is InChI=1S/C18H25NO4.C17H25NO3/c1-17(2,3)23-16(21)19-10-13-9-12(15(20)22-6)7-8-14(13)18(4,5)11-19;1-16(2,3)21-15(20)18-9-13-8-12(10-19)6-7-14(13)17(4,5)11-18/h7-9H,10-11H2,1-6H3;6-8,19H,9-11H2,1-5H3. The lowest BCUT2D eigenvalue weighted by Gasteiger charge is -2.40. The highest BCUT2D eigenvalue weighted by atomic mass is 16.6. The molecule has 0 unspecified atom stereocenters. The smallest absolute Gasteiger partial charge is 0.410 e. The van der Waals surface area contributed by atoms with Gasteiger partial charge in [0.05, 0.1) is 19.3 Å². The van der Waals surface area contributed by atoms with Gasteiger partial charge in [-0.3, -0.25) is 0 Å². The van der Waals surface area contributed by atoms with E-state index in [2.05, 4.69) is 33.8 Å². The van der Waals surface area contributed by atoms with Crippen LogP contribution in [0.25, 0.3) is 0 Å². The Morgan fingerprint density at radius 1 is 0.750 bits per heavy atom. The van der Waals surface area contributed by atoms with Gasteiger partial charge in [0.25, 0.3) is 0 Å². The van der Waals surface area contributed by atoms with E-state index in [-0.39, 0.29) is 35.6 Å². The lowest BCUT2D eigenvalue weighted by molar-refractivity contribution is 0.0165. The molecule has 4 rings (SSSR count). The van der Waals surface area contributed by atoms with Crippen molar-refractivity contribution in [1.82, 2.24) is 9.80 Å². The quantitative estimate of drug-likeness (QED) is 0.298. The van der Waals surface area contributed by atoms with Gasteiger partial charge in [0.1, 0.15) is 11.2 Å². The lowest BCUT2D eigenvalue weighted by Crippen LogP contribution is -2.46. The van der Waals surface area contributed by atoms with Crippen LogP contribution in [-0.4, -0.2) is 64.5 Å². The van der Waals surface area contributed by atoms with Gasteiger partial charge in [0.15, 0.2) is 0 Å². The third-order valence-electron chi connectivity index (χ3n) is 7.53. The molecule has 0 spiro atoms. The number of aliphatic hydroxyl groups excluding tert-OH is 1. The Kier molecular flexibility index (Phi) is 10.1. The third kappa shape index (κ3) is 8.74. The van der Waals surface area contributed by atoms with Crippen molar-refractivity contribution in [2.75, 3.05) is 20.2 Å². The number of esters is 1. The Hall–Kier alpha value is -3.59. The average molecular weight is 611 g/mol. The maximum absolute atomic E-state index is 12.4. The van der Waals surface area contributed by atoms with Crippen LogP contribution in [0.1, 0.15) is 107 Å². The molecule has 0 saturated carbocycles. The molecule has 0 radical (unpaired) electrons. The van der Waals surface area contributed by atoms with Crippen LogP contribution in [-0.2, 0) is 44.7 Å². The Balaban J connectivity index is 0.000000241. The molecule has 0 bridgehead atoms. The number of benzene rings is 2. The zero-order chi connectivity index (χ0) is 33.3. The van der Waals surface area contributed by atoms with E-state index in [1.54, 1.807) is 21.9 Å². The van der Waals surface area contributed by atoms with Crippen molar-refractivity contribution in [3.63, 3.8) is 0 Å². The largest absolute Gasteiger partial charge is 0.465 e. The van der Waals surface area contributed by atoms with Gasteiger partial charge in [0, 0.05) is 37.0 Å². The van der Waals surface area contributed by atoms with Crippen LogP contribution in [0.3, 0.4) is 0 Å². The number of rotatable bonds is 2. The number of methoxy groups -OCH3 is 1. The second-order valence-electron chi connectivity index (χ2n) is 15.0. The highest BCUT2D eigenvalue weighted by Crippen LogP contribution is 2.36. The summed E-state index contributed by atoms with van der Waals surface area (Å²) in [5.41, 5.74) is 4.42. The summed E-state index contributed by atoms with van der Waals surface area (Å²) >= 11 is 0. The van der Waals surface area contributed by atoms with Crippen molar-refractivity contribution in [3.8, 4) is 0 Å². The summed E-state index contributed by atoms with van der Waals surface area (Å²) in [6.07, 6.45) is -0.615. The van der Waals surface area contributed by atoms with Crippen molar-refractivity contribution in [1.29, 1.82) is 0 Å². The van der Waals surface area contributed by atoms with E-state index in [1.165, 1.54) is 12.7 Å². The fourth-order valence-corrected chi connectivity index (χ4v) is 5.72. The molecule has 2 heterocycles. The first-order valence-corrected chi connectivity index (χ1v) is 15.1. The minimum absolute atomic E-state index is 0.0140. The highest BCUT2D eigenvalue weighted by molar-refractivity contribution is 5.89. The number of hydrogen-bond acceptors (Lipinski definition) is 7. The summed E-state index contributed by atoms with van der Waals surface area (Å²) in [5.74, 6) is -0.375. The topological polar surface area (TPSA) is 106 Å². The van der Waals surface area contributed by atoms with E-state index >= 15 is 0 Å². The Labute approximate surface area is 262 Å². The van der Waals surface area contributed by atoms with Gasteiger partial charge in [-0.05, 0) is 81.5 Å². The minimum atomic E-state index is -0.532. The molecule has 9 nitrogen and oxygen atoms in total. The summed E-state index contributed by atoms with van der Waals surface area (Å²) in [4.78, 5) is 39.9. The maximum Gasteiger partial charge on any atom is 0.410 e. The normalized spacial score (nSPS) is 16.9. The Bertz CT molecular complexity index is 1380. The van der Waals surface area contributed by atoms with Gasteiger partial charge < -0.3 is 29.1 Å². The number of fused-ring (bicyclic) bond motifs is 2. The van der Waals surface area contributed by atoms with Crippen molar-refractivity contribution < 1.29 is 33.7 Å². The van der Waals surface area contributed by atoms with Gasteiger partial charge in [-0.25, -0.2) is 14.4 Å². The van der Waals surface area contributed by atoms with Crippen LogP contribution in [0.4, 0.5) is 9.59 Å². The predicted octanol–water partition coefficient (Wildman–Crippen LogP) is 6.71. The second kappa shape index (κ2) is 12.8. The molecule has 2 aromatic rings. The first kappa shape index (κ1) is 34.9. The summed E-state index contributed by atoms with van der Waals surface area (Å²) in [6.45, 7) is 21.8. The molecule has 0 aromatic heterocycles. The molecule has 2 aromatic carbocycles. The van der Waals surface area contributed by atoms with Gasteiger partial charge in [-0.2, -0.15) is 0 Å². The van der Waals surface area contributed by atoms with Gasteiger partial charge in [-0.1, -0.05) is 52.0 Å². The van der Waals surface area contributed by atoms with Crippen molar-refractivity contribution >= 4 is 18.2 Å². The molecule has 242 valence electrons. The SMILES string of the molecule is CC(C)(C)OC(=O)N1Cc2cc(CO)ccc2C(C)(C)C1.COC(=O)c1ccc2c(c1)CN(C(=O)OC(C)(C)C)CC2(C)C. The van der Waals surface area contributed by atoms with Crippen LogP contribution < -0.4 is 0 Å².